The molecule has 0 radical (unpaired) electrons. The van der Waals surface area contributed by atoms with Gasteiger partial charge in [0, 0.05) is 37.9 Å². The lowest BCUT2D eigenvalue weighted by Gasteiger charge is -2.23. The molecular formula is C17H21ClFN3O3. The number of carbonyl (C=O) groups is 2. The Bertz CT molecular complexity index is 702. The van der Waals surface area contributed by atoms with E-state index in [2.05, 4.69) is 5.32 Å². The molecule has 2 aliphatic heterocycles. The first-order chi connectivity index (χ1) is 11.8. The molecule has 0 spiro atoms. The molecule has 2 fully saturated rings. The van der Waals surface area contributed by atoms with Crippen LogP contribution in [0.25, 0.3) is 0 Å². The summed E-state index contributed by atoms with van der Waals surface area (Å²) in [5.74, 6) is -1.33. The second-order valence-corrected chi connectivity index (χ2v) is 7.42. The van der Waals surface area contributed by atoms with Gasteiger partial charge in [-0.05, 0) is 38.0 Å². The Morgan fingerprint density at radius 3 is 2.80 bits per heavy atom. The molecule has 0 aromatic heterocycles. The van der Waals surface area contributed by atoms with Crippen LogP contribution in [-0.2, 0) is 4.79 Å². The van der Waals surface area contributed by atoms with Crippen molar-refractivity contribution in [2.75, 3.05) is 31.1 Å². The first kappa shape index (κ1) is 17.8. The van der Waals surface area contributed by atoms with E-state index in [1.165, 1.54) is 6.07 Å². The highest BCUT2D eigenvalue weighted by Crippen LogP contribution is 2.30. The molecule has 2 unspecified atom stereocenters. The van der Waals surface area contributed by atoms with Crippen LogP contribution in [0.2, 0.25) is 5.02 Å². The summed E-state index contributed by atoms with van der Waals surface area (Å²) in [4.78, 5) is 27.3. The van der Waals surface area contributed by atoms with Gasteiger partial charge in [-0.1, -0.05) is 11.6 Å². The van der Waals surface area contributed by atoms with Crippen molar-refractivity contribution in [1.82, 2.24) is 10.2 Å². The first-order valence-electron chi connectivity index (χ1n) is 8.27. The maximum atomic E-state index is 13.3. The van der Waals surface area contributed by atoms with E-state index in [9.17, 15) is 19.1 Å². The van der Waals surface area contributed by atoms with Gasteiger partial charge in [-0.25, -0.2) is 9.18 Å². The minimum Gasteiger partial charge on any atom is -0.481 e. The number of likely N-dealkylation sites (tertiary alicyclic amines) is 1. The van der Waals surface area contributed by atoms with E-state index in [4.69, 9.17) is 11.6 Å². The zero-order chi connectivity index (χ0) is 18.2. The number of carbonyl (C=O) groups excluding carboxylic acids is 1. The molecule has 2 amide bonds. The van der Waals surface area contributed by atoms with Crippen LogP contribution in [0.15, 0.2) is 18.2 Å². The van der Waals surface area contributed by atoms with E-state index >= 15 is 0 Å². The van der Waals surface area contributed by atoms with E-state index in [1.807, 2.05) is 4.90 Å². The van der Waals surface area contributed by atoms with Crippen LogP contribution >= 0.6 is 11.6 Å². The molecule has 25 heavy (non-hydrogen) atoms. The van der Waals surface area contributed by atoms with E-state index in [0.29, 0.717) is 19.5 Å². The summed E-state index contributed by atoms with van der Waals surface area (Å²) in [7, 11) is 0. The van der Waals surface area contributed by atoms with Crippen molar-refractivity contribution in [3.8, 4) is 0 Å². The Labute approximate surface area is 150 Å². The Kier molecular flexibility index (Phi) is 4.77. The summed E-state index contributed by atoms with van der Waals surface area (Å²) in [6, 6.07) is 4.33. The van der Waals surface area contributed by atoms with Crippen LogP contribution in [0.3, 0.4) is 0 Å². The molecule has 136 valence electrons. The zero-order valence-electron chi connectivity index (χ0n) is 14.0. The molecule has 2 N–H and O–H groups in total. The van der Waals surface area contributed by atoms with Gasteiger partial charge in [0.1, 0.15) is 5.82 Å². The maximum Gasteiger partial charge on any atom is 0.317 e. The molecule has 0 bridgehead atoms. The van der Waals surface area contributed by atoms with Crippen molar-refractivity contribution in [1.29, 1.82) is 0 Å². The van der Waals surface area contributed by atoms with Crippen molar-refractivity contribution < 1.29 is 19.1 Å². The number of amides is 2. The number of hydrogen-bond donors (Lipinski definition) is 2. The van der Waals surface area contributed by atoms with Gasteiger partial charge in [-0.15, -0.1) is 0 Å². The summed E-state index contributed by atoms with van der Waals surface area (Å²) in [6.45, 7) is 3.67. The normalized spacial score (nSPS) is 26.1. The van der Waals surface area contributed by atoms with Gasteiger partial charge < -0.3 is 20.2 Å². The summed E-state index contributed by atoms with van der Waals surface area (Å²) in [5.41, 5.74) is -0.0491. The zero-order valence-corrected chi connectivity index (χ0v) is 14.7. The Morgan fingerprint density at radius 1 is 1.40 bits per heavy atom. The smallest absolute Gasteiger partial charge is 0.317 e. The van der Waals surface area contributed by atoms with E-state index < -0.39 is 17.2 Å². The molecule has 3 rings (SSSR count). The minimum absolute atomic E-state index is 0.0342. The van der Waals surface area contributed by atoms with Gasteiger partial charge in [-0.3, -0.25) is 4.79 Å². The van der Waals surface area contributed by atoms with Crippen molar-refractivity contribution >= 4 is 29.3 Å². The number of urea groups is 1. The number of nitrogens with zero attached hydrogens (tertiary/aromatic N) is 2. The van der Waals surface area contributed by atoms with Crippen LogP contribution in [0, 0.1) is 11.2 Å². The van der Waals surface area contributed by atoms with Crippen LogP contribution in [0.1, 0.15) is 19.8 Å². The predicted molar refractivity (Wildman–Crippen MR) is 92.5 cm³/mol. The highest BCUT2D eigenvalue weighted by atomic mass is 35.5. The topological polar surface area (TPSA) is 72.9 Å². The van der Waals surface area contributed by atoms with Gasteiger partial charge >= 0.3 is 12.0 Å². The number of carboxylic acid groups (broad SMARTS) is 1. The standard InChI is InChI=1S/C17H21ClFN3O3/c1-17(15(23)24)5-7-22(10-17)16(25)20-11-4-6-21(9-11)12-2-3-14(19)13(18)8-12/h2-3,8,11H,4-7,9-10H2,1H3,(H,20,25)(H,23,24). The van der Waals surface area contributed by atoms with Gasteiger partial charge in [-0.2, -0.15) is 0 Å². The number of carboxylic acids is 1. The molecule has 2 aliphatic rings. The molecule has 1 aromatic carbocycles. The highest BCUT2D eigenvalue weighted by molar-refractivity contribution is 6.31. The lowest BCUT2D eigenvalue weighted by Crippen LogP contribution is -2.46. The van der Waals surface area contributed by atoms with E-state index in [0.717, 1.165) is 18.7 Å². The first-order valence-corrected chi connectivity index (χ1v) is 8.65. The summed E-state index contributed by atoms with van der Waals surface area (Å²) in [5, 5.41) is 12.3. The summed E-state index contributed by atoms with van der Waals surface area (Å²) >= 11 is 5.83. The number of nitrogens with one attached hydrogen (secondary N) is 1. The second kappa shape index (κ2) is 6.71. The average molecular weight is 370 g/mol. The van der Waals surface area contributed by atoms with Gasteiger partial charge in [0.05, 0.1) is 10.4 Å². The molecule has 2 heterocycles. The fraction of sp³-hybridized carbons (Fsp3) is 0.529. The predicted octanol–water partition coefficient (Wildman–Crippen LogP) is 2.56. The van der Waals surface area contributed by atoms with Crippen LogP contribution in [0.4, 0.5) is 14.9 Å². The van der Waals surface area contributed by atoms with Gasteiger partial charge in [0.25, 0.3) is 0 Å². The van der Waals surface area contributed by atoms with E-state index in [1.54, 1.807) is 24.0 Å². The number of hydrogen-bond acceptors (Lipinski definition) is 3. The SMILES string of the molecule is CC1(C(=O)O)CCN(C(=O)NC2CCN(c3ccc(F)c(Cl)c3)C2)C1. The van der Waals surface area contributed by atoms with Crippen LogP contribution in [-0.4, -0.2) is 54.2 Å². The third kappa shape index (κ3) is 3.66. The minimum atomic E-state index is -0.872. The van der Waals surface area contributed by atoms with E-state index in [-0.39, 0.29) is 23.6 Å². The quantitative estimate of drug-likeness (QED) is 0.858. The molecule has 2 atom stereocenters. The van der Waals surface area contributed by atoms with Crippen molar-refractivity contribution in [3.63, 3.8) is 0 Å². The number of anilines is 1. The lowest BCUT2D eigenvalue weighted by molar-refractivity contribution is -0.147. The number of rotatable bonds is 3. The molecule has 0 aliphatic carbocycles. The molecule has 8 heteroatoms. The number of halogens is 2. The largest absolute Gasteiger partial charge is 0.481 e. The molecule has 0 saturated carbocycles. The fourth-order valence-corrected chi connectivity index (χ4v) is 3.54. The van der Waals surface area contributed by atoms with Crippen LogP contribution < -0.4 is 10.2 Å². The maximum absolute atomic E-state index is 13.3. The Balaban J connectivity index is 1.55. The number of benzene rings is 1. The number of aliphatic carboxylic acids is 1. The second-order valence-electron chi connectivity index (χ2n) is 7.02. The Morgan fingerprint density at radius 2 is 2.16 bits per heavy atom. The highest BCUT2D eigenvalue weighted by Gasteiger charge is 2.42. The third-order valence-corrected chi connectivity index (χ3v) is 5.35. The average Bonchev–Trinajstić information content (AvgIpc) is 3.18. The van der Waals surface area contributed by atoms with Crippen molar-refractivity contribution in [3.05, 3.63) is 29.0 Å². The Hall–Kier alpha value is -2.02. The van der Waals surface area contributed by atoms with Crippen molar-refractivity contribution in [2.45, 2.75) is 25.8 Å². The molecule has 1 aromatic rings. The molecular weight excluding hydrogens is 349 g/mol. The lowest BCUT2D eigenvalue weighted by atomic mass is 9.90. The molecule has 6 nitrogen and oxygen atoms in total. The summed E-state index contributed by atoms with van der Waals surface area (Å²) < 4.78 is 13.3. The fourth-order valence-electron chi connectivity index (χ4n) is 3.37. The monoisotopic (exact) mass is 369 g/mol. The van der Waals surface area contributed by atoms with Crippen LogP contribution in [0.5, 0.6) is 0 Å². The summed E-state index contributed by atoms with van der Waals surface area (Å²) in [6.07, 6.45) is 1.23. The van der Waals surface area contributed by atoms with Gasteiger partial charge in [0.2, 0.25) is 0 Å². The third-order valence-electron chi connectivity index (χ3n) is 5.06. The van der Waals surface area contributed by atoms with Gasteiger partial charge in [0.15, 0.2) is 0 Å². The van der Waals surface area contributed by atoms with Crippen molar-refractivity contribution in [2.24, 2.45) is 5.41 Å². The molecule has 2 saturated heterocycles.